The molecule has 0 aliphatic carbocycles. The van der Waals surface area contributed by atoms with Gasteiger partial charge in [-0.2, -0.15) is 0 Å². The van der Waals surface area contributed by atoms with E-state index in [0.717, 1.165) is 21.9 Å². The minimum absolute atomic E-state index is 0.143. The largest absolute Gasteiger partial charge is 0.497 e. The van der Waals surface area contributed by atoms with Crippen LogP contribution in [0.2, 0.25) is 0 Å². The quantitative estimate of drug-likeness (QED) is 0.437. The van der Waals surface area contributed by atoms with Crippen LogP contribution in [0.5, 0.6) is 11.5 Å². The molecule has 0 bridgehead atoms. The topological polar surface area (TPSA) is 65.4 Å². The summed E-state index contributed by atoms with van der Waals surface area (Å²) in [6.45, 7) is 0. The second-order valence-corrected chi connectivity index (χ2v) is 7.40. The molecular formula is C23H21N3O3S. The molecule has 4 rings (SSSR count). The molecule has 0 saturated heterocycles. The van der Waals surface area contributed by atoms with Crippen molar-refractivity contribution >= 4 is 34.4 Å². The second-order valence-electron chi connectivity index (χ2n) is 6.46. The number of amides is 1. The van der Waals surface area contributed by atoms with Crippen LogP contribution in [0.4, 0.5) is 5.69 Å². The maximum atomic E-state index is 12.6. The molecule has 6 nitrogen and oxygen atoms in total. The summed E-state index contributed by atoms with van der Waals surface area (Å²) in [4.78, 5) is 17.3. The lowest BCUT2D eigenvalue weighted by Gasteiger charge is -2.12. The Balaban J connectivity index is 1.55. The SMILES string of the molecule is COc1ccc(NC(=O)CSc2nc3ccccc3n2-c2ccccc2)c(OC)c1. The number of methoxy groups -OCH3 is 2. The highest BCUT2D eigenvalue weighted by atomic mass is 32.2. The maximum Gasteiger partial charge on any atom is 0.234 e. The van der Waals surface area contributed by atoms with Gasteiger partial charge in [-0.1, -0.05) is 42.1 Å². The molecule has 0 spiro atoms. The molecule has 152 valence electrons. The van der Waals surface area contributed by atoms with Gasteiger partial charge in [0.25, 0.3) is 0 Å². The fourth-order valence-electron chi connectivity index (χ4n) is 3.15. The van der Waals surface area contributed by atoms with Crippen LogP contribution in [0, 0.1) is 0 Å². The van der Waals surface area contributed by atoms with Crippen molar-refractivity contribution in [3.05, 3.63) is 72.8 Å². The molecule has 1 heterocycles. The highest BCUT2D eigenvalue weighted by Crippen LogP contribution is 2.30. The third kappa shape index (κ3) is 4.11. The Morgan fingerprint density at radius 1 is 1.00 bits per heavy atom. The lowest BCUT2D eigenvalue weighted by atomic mass is 10.2. The number of imidazole rings is 1. The average molecular weight is 420 g/mol. The van der Waals surface area contributed by atoms with Crippen LogP contribution >= 0.6 is 11.8 Å². The highest BCUT2D eigenvalue weighted by molar-refractivity contribution is 7.99. The van der Waals surface area contributed by atoms with E-state index in [1.165, 1.54) is 11.8 Å². The number of carbonyl (C=O) groups excluding carboxylic acids is 1. The van der Waals surface area contributed by atoms with Gasteiger partial charge in [0.05, 0.1) is 36.7 Å². The summed E-state index contributed by atoms with van der Waals surface area (Å²) in [6, 6.07) is 23.2. The maximum absolute atomic E-state index is 12.6. The van der Waals surface area contributed by atoms with Crippen molar-refractivity contribution in [2.75, 3.05) is 25.3 Å². The van der Waals surface area contributed by atoms with E-state index in [1.807, 2.05) is 54.6 Å². The van der Waals surface area contributed by atoms with Crippen LogP contribution in [0.25, 0.3) is 16.7 Å². The summed E-state index contributed by atoms with van der Waals surface area (Å²) < 4.78 is 12.6. The first-order chi connectivity index (χ1) is 14.7. The lowest BCUT2D eigenvalue weighted by Crippen LogP contribution is -2.15. The molecular weight excluding hydrogens is 398 g/mol. The summed E-state index contributed by atoms with van der Waals surface area (Å²) in [6.07, 6.45) is 0. The first-order valence-corrected chi connectivity index (χ1v) is 10.4. The molecule has 0 aliphatic heterocycles. The summed E-state index contributed by atoms with van der Waals surface area (Å²) in [7, 11) is 3.14. The first-order valence-electron chi connectivity index (χ1n) is 9.37. The van der Waals surface area contributed by atoms with Gasteiger partial charge in [-0.25, -0.2) is 4.98 Å². The van der Waals surface area contributed by atoms with Gasteiger partial charge in [-0.05, 0) is 36.4 Å². The van der Waals surface area contributed by atoms with Crippen molar-refractivity contribution in [2.45, 2.75) is 5.16 Å². The Kier molecular flexibility index (Phi) is 5.90. The van der Waals surface area contributed by atoms with Crippen LogP contribution in [-0.2, 0) is 4.79 Å². The van der Waals surface area contributed by atoms with Gasteiger partial charge in [0.1, 0.15) is 11.5 Å². The smallest absolute Gasteiger partial charge is 0.234 e. The van der Waals surface area contributed by atoms with Crippen molar-refractivity contribution in [1.82, 2.24) is 9.55 Å². The zero-order chi connectivity index (χ0) is 20.9. The van der Waals surface area contributed by atoms with E-state index in [0.29, 0.717) is 17.2 Å². The van der Waals surface area contributed by atoms with Crippen LogP contribution in [-0.4, -0.2) is 35.4 Å². The third-order valence-electron chi connectivity index (χ3n) is 4.56. The fourth-order valence-corrected chi connectivity index (χ4v) is 3.97. The third-order valence-corrected chi connectivity index (χ3v) is 5.50. The number of benzene rings is 3. The zero-order valence-corrected chi connectivity index (χ0v) is 17.5. The number of carbonyl (C=O) groups is 1. The van der Waals surface area contributed by atoms with E-state index >= 15 is 0 Å². The van der Waals surface area contributed by atoms with Crippen molar-refractivity contribution in [1.29, 1.82) is 0 Å². The zero-order valence-electron chi connectivity index (χ0n) is 16.7. The van der Waals surface area contributed by atoms with E-state index in [-0.39, 0.29) is 11.7 Å². The minimum Gasteiger partial charge on any atom is -0.497 e. The molecule has 0 radical (unpaired) electrons. The number of nitrogens with zero attached hydrogens (tertiary/aromatic N) is 2. The molecule has 0 atom stereocenters. The molecule has 30 heavy (non-hydrogen) atoms. The van der Waals surface area contributed by atoms with Crippen molar-refractivity contribution in [3.8, 4) is 17.2 Å². The lowest BCUT2D eigenvalue weighted by molar-refractivity contribution is -0.113. The fraction of sp³-hybridized carbons (Fsp3) is 0.130. The Labute approximate surface area is 178 Å². The van der Waals surface area contributed by atoms with Gasteiger partial charge in [-0.15, -0.1) is 0 Å². The number of hydrogen-bond donors (Lipinski definition) is 1. The number of ether oxygens (including phenoxy) is 2. The van der Waals surface area contributed by atoms with E-state index in [4.69, 9.17) is 14.5 Å². The van der Waals surface area contributed by atoms with Crippen LogP contribution in [0.1, 0.15) is 0 Å². The highest BCUT2D eigenvalue weighted by Gasteiger charge is 2.15. The standard InChI is InChI=1S/C23H21N3O3S/c1-28-17-12-13-19(21(14-17)29-2)24-22(27)15-30-23-25-18-10-6-7-11-20(18)26(23)16-8-4-3-5-9-16/h3-14H,15H2,1-2H3,(H,24,27). The number of hydrogen-bond acceptors (Lipinski definition) is 5. The molecule has 1 N–H and O–H groups in total. The molecule has 0 fully saturated rings. The van der Waals surface area contributed by atoms with E-state index in [9.17, 15) is 4.79 Å². The first kappa shape index (κ1) is 19.8. The molecule has 4 aromatic rings. The molecule has 3 aromatic carbocycles. The van der Waals surface area contributed by atoms with Gasteiger partial charge in [0.2, 0.25) is 5.91 Å². The molecule has 0 saturated carbocycles. The number of anilines is 1. The minimum atomic E-state index is -0.143. The van der Waals surface area contributed by atoms with Crippen LogP contribution in [0.15, 0.2) is 78.0 Å². The average Bonchev–Trinajstić information content (AvgIpc) is 3.17. The Hall–Kier alpha value is -3.45. The molecule has 1 aromatic heterocycles. The predicted octanol–water partition coefficient (Wildman–Crippen LogP) is 4.77. The van der Waals surface area contributed by atoms with E-state index in [2.05, 4.69) is 9.88 Å². The molecule has 7 heteroatoms. The summed E-state index contributed by atoms with van der Waals surface area (Å²) >= 11 is 1.39. The predicted molar refractivity (Wildman–Crippen MR) is 120 cm³/mol. The van der Waals surface area contributed by atoms with Crippen LogP contribution < -0.4 is 14.8 Å². The normalized spacial score (nSPS) is 10.7. The molecule has 0 unspecified atom stereocenters. The number of nitrogens with one attached hydrogen (secondary N) is 1. The summed E-state index contributed by atoms with van der Waals surface area (Å²) in [5, 5.41) is 3.66. The Morgan fingerprint density at radius 3 is 2.53 bits per heavy atom. The number of fused-ring (bicyclic) bond motifs is 1. The van der Waals surface area contributed by atoms with E-state index < -0.39 is 0 Å². The Morgan fingerprint density at radius 2 is 1.77 bits per heavy atom. The summed E-state index contributed by atoms with van der Waals surface area (Å²) in [5.41, 5.74) is 3.50. The number of rotatable bonds is 7. The summed E-state index contributed by atoms with van der Waals surface area (Å²) in [5.74, 6) is 1.28. The van der Waals surface area contributed by atoms with Crippen molar-refractivity contribution in [3.63, 3.8) is 0 Å². The van der Waals surface area contributed by atoms with Crippen molar-refractivity contribution in [2.24, 2.45) is 0 Å². The van der Waals surface area contributed by atoms with Gasteiger partial charge in [-0.3, -0.25) is 9.36 Å². The second kappa shape index (κ2) is 8.92. The van der Waals surface area contributed by atoms with Gasteiger partial charge < -0.3 is 14.8 Å². The van der Waals surface area contributed by atoms with Gasteiger partial charge in [0.15, 0.2) is 5.16 Å². The number of thioether (sulfide) groups is 1. The monoisotopic (exact) mass is 419 g/mol. The van der Waals surface area contributed by atoms with Crippen LogP contribution in [0.3, 0.4) is 0 Å². The van der Waals surface area contributed by atoms with Gasteiger partial charge >= 0.3 is 0 Å². The molecule has 0 aliphatic rings. The number of aromatic nitrogens is 2. The van der Waals surface area contributed by atoms with Gasteiger partial charge in [0, 0.05) is 11.8 Å². The van der Waals surface area contributed by atoms with Crippen molar-refractivity contribution < 1.29 is 14.3 Å². The van der Waals surface area contributed by atoms with E-state index in [1.54, 1.807) is 32.4 Å². The molecule has 1 amide bonds. The number of para-hydroxylation sites is 3. The Bertz CT molecular complexity index is 1180.